The maximum Gasteiger partial charge on any atom is 0.333 e. The molecule has 0 saturated heterocycles. The van der Waals surface area contributed by atoms with Crippen molar-refractivity contribution < 1.29 is 8.83 Å². The summed E-state index contributed by atoms with van der Waals surface area (Å²) >= 11 is 0. The summed E-state index contributed by atoms with van der Waals surface area (Å²) in [5, 5.41) is 5.82. The summed E-state index contributed by atoms with van der Waals surface area (Å²) in [5.41, 5.74) is 22.8. The highest BCUT2D eigenvalue weighted by molar-refractivity contribution is 6.93. The van der Waals surface area contributed by atoms with Gasteiger partial charge in [-0.3, -0.25) is 0 Å². The Morgan fingerprint density at radius 2 is 1.23 bits per heavy atom. The van der Waals surface area contributed by atoms with Crippen LogP contribution in [0.2, 0.25) is 0 Å². The number of aromatic nitrogens is 1. The van der Waals surface area contributed by atoms with Crippen LogP contribution in [-0.4, -0.2) is 11.4 Å². The Kier molecular flexibility index (Phi) is 7.24. The molecule has 0 fully saturated rings. The third-order valence-electron chi connectivity index (χ3n) is 15.5. The molecule has 0 atom stereocenters. The number of hydrogen-bond donors (Lipinski definition) is 0. The van der Waals surface area contributed by atoms with Gasteiger partial charge < -0.3 is 18.2 Å². The van der Waals surface area contributed by atoms with Crippen LogP contribution in [0.15, 0.2) is 160 Å². The first-order chi connectivity index (χ1) is 31.7. The second kappa shape index (κ2) is 12.6. The van der Waals surface area contributed by atoms with E-state index in [0.717, 1.165) is 55.4 Å². The molecule has 5 heterocycles. The number of anilines is 2. The quantitative estimate of drug-likeness (QED) is 0.163. The van der Waals surface area contributed by atoms with Crippen molar-refractivity contribution in [2.24, 2.45) is 0 Å². The Balaban J connectivity index is 1.12. The van der Waals surface area contributed by atoms with E-state index in [2.05, 4.69) is 216 Å². The van der Waals surface area contributed by atoms with Crippen LogP contribution in [0, 0.1) is 0 Å². The molecular weight excluding hydrogens is 803 g/mol. The fraction of sp³-hybridized carbons (Fsp3) is 0.180. The lowest BCUT2D eigenvalue weighted by Crippen LogP contribution is -2.60. The lowest BCUT2D eigenvalue weighted by atomic mass is 9.44. The van der Waals surface area contributed by atoms with Crippen LogP contribution in [0.1, 0.15) is 77.6 Å². The summed E-state index contributed by atoms with van der Waals surface area (Å²) in [6, 6.07) is 57.1. The van der Waals surface area contributed by atoms with Crippen LogP contribution in [0.4, 0.5) is 11.4 Å². The number of para-hydroxylation sites is 1. The van der Waals surface area contributed by atoms with Gasteiger partial charge in [0.25, 0.3) is 0 Å². The second-order valence-corrected chi connectivity index (χ2v) is 21.8. The van der Waals surface area contributed by atoms with Crippen molar-refractivity contribution in [1.29, 1.82) is 0 Å². The van der Waals surface area contributed by atoms with Crippen LogP contribution in [-0.2, 0) is 16.2 Å². The molecule has 0 N–H and O–H groups in total. The zero-order valence-corrected chi connectivity index (χ0v) is 38.7. The molecule has 3 aromatic heterocycles. The number of rotatable bonds is 2. The molecular formula is C61H49BN2O2. The van der Waals surface area contributed by atoms with E-state index in [1.54, 1.807) is 0 Å². The second-order valence-electron chi connectivity index (χ2n) is 21.8. The average molecular weight is 853 g/mol. The highest BCUT2D eigenvalue weighted by Crippen LogP contribution is 2.55. The van der Waals surface area contributed by atoms with Gasteiger partial charge in [-0.1, -0.05) is 152 Å². The van der Waals surface area contributed by atoms with Gasteiger partial charge in [-0.2, -0.15) is 0 Å². The smallest absolute Gasteiger partial charge is 0.333 e. The molecule has 0 bridgehead atoms. The zero-order chi connectivity index (χ0) is 44.8. The van der Waals surface area contributed by atoms with Gasteiger partial charge in [-0.25, -0.2) is 0 Å². The normalized spacial score (nSPS) is 14.7. The standard InChI is InChI=1S/C61H49BN2O2/c1-59(2,3)36-18-21-38(22-19-36)64-51-31-48-43(39-23-20-37(60(4,5)6)28-47(39)61(48,7)8)29-44(51)41-24-25-42-45-30-46-40-16-12-13-17-53(40)65-56(46)32-50(45)63-52-33-55-35(26-49(52)62(64)57(41)58(42)63)27-54(66-55)34-14-10-9-11-15-34/h9-33H,1-8H3. The van der Waals surface area contributed by atoms with Crippen molar-refractivity contribution in [3.05, 3.63) is 174 Å². The molecule has 11 aromatic rings. The van der Waals surface area contributed by atoms with Gasteiger partial charge >= 0.3 is 6.85 Å². The number of benzene rings is 8. The number of furan rings is 2. The minimum atomic E-state index is -0.193. The summed E-state index contributed by atoms with van der Waals surface area (Å²) < 4.78 is 16.0. The van der Waals surface area contributed by atoms with Crippen LogP contribution in [0.3, 0.4) is 0 Å². The highest BCUT2D eigenvalue weighted by atomic mass is 16.3. The Hall–Kier alpha value is -7.24. The topological polar surface area (TPSA) is 34.5 Å². The van der Waals surface area contributed by atoms with Gasteiger partial charge in [0.15, 0.2) is 0 Å². The van der Waals surface area contributed by atoms with Crippen molar-refractivity contribution in [1.82, 2.24) is 4.57 Å². The lowest BCUT2D eigenvalue weighted by molar-refractivity contribution is 0.584. The molecule has 4 nitrogen and oxygen atoms in total. The van der Waals surface area contributed by atoms with E-state index >= 15 is 0 Å². The number of fused-ring (bicyclic) bond motifs is 15. The molecule has 0 saturated carbocycles. The molecule has 0 radical (unpaired) electrons. The third kappa shape index (κ3) is 5.01. The van der Waals surface area contributed by atoms with Crippen molar-refractivity contribution in [2.75, 3.05) is 4.81 Å². The summed E-state index contributed by atoms with van der Waals surface area (Å²) in [6.07, 6.45) is 0. The van der Waals surface area contributed by atoms with Crippen LogP contribution in [0.5, 0.6) is 0 Å². The fourth-order valence-corrected chi connectivity index (χ4v) is 12.0. The van der Waals surface area contributed by atoms with Gasteiger partial charge in [-0.05, 0) is 103 Å². The van der Waals surface area contributed by atoms with Gasteiger partial charge in [0.1, 0.15) is 22.5 Å². The number of nitrogens with zero attached hydrogens (tertiary/aromatic N) is 2. The molecule has 1 aliphatic carbocycles. The van der Waals surface area contributed by atoms with Gasteiger partial charge in [0, 0.05) is 72.7 Å². The minimum Gasteiger partial charge on any atom is -0.456 e. The highest BCUT2D eigenvalue weighted by Gasteiger charge is 2.46. The van der Waals surface area contributed by atoms with E-state index in [-0.39, 0.29) is 23.1 Å². The van der Waals surface area contributed by atoms with Crippen molar-refractivity contribution >= 4 is 83.9 Å². The fourth-order valence-electron chi connectivity index (χ4n) is 12.0. The van der Waals surface area contributed by atoms with E-state index in [1.165, 1.54) is 83.1 Å². The van der Waals surface area contributed by atoms with Gasteiger partial charge in [-0.15, -0.1) is 0 Å². The maximum atomic E-state index is 6.81. The molecule has 318 valence electrons. The molecule has 3 aliphatic rings. The molecule has 0 amide bonds. The number of hydrogen-bond acceptors (Lipinski definition) is 3. The Morgan fingerprint density at radius 3 is 2.02 bits per heavy atom. The molecule has 14 rings (SSSR count). The lowest BCUT2D eigenvalue weighted by Gasteiger charge is -2.42. The minimum absolute atomic E-state index is 0.0197. The van der Waals surface area contributed by atoms with Crippen molar-refractivity contribution in [3.63, 3.8) is 0 Å². The average Bonchev–Trinajstić information content (AvgIpc) is 4.04. The first-order valence-electron chi connectivity index (χ1n) is 23.5. The molecule has 66 heavy (non-hydrogen) atoms. The maximum absolute atomic E-state index is 6.81. The molecule has 2 aliphatic heterocycles. The van der Waals surface area contributed by atoms with Gasteiger partial charge in [0.05, 0.1) is 11.0 Å². The molecule has 8 aromatic carbocycles. The van der Waals surface area contributed by atoms with Crippen LogP contribution in [0.25, 0.3) is 94.0 Å². The molecule has 0 spiro atoms. The van der Waals surface area contributed by atoms with E-state index in [9.17, 15) is 0 Å². The largest absolute Gasteiger partial charge is 0.456 e. The van der Waals surface area contributed by atoms with E-state index < -0.39 is 0 Å². The predicted molar refractivity (Wildman–Crippen MR) is 277 cm³/mol. The first-order valence-corrected chi connectivity index (χ1v) is 23.5. The van der Waals surface area contributed by atoms with Crippen molar-refractivity contribution in [2.45, 2.75) is 71.6 Å². The van der Waals surface area contributed by atoms with E-state index in [1.807, 2.05) is 0 Å². The SMILES string of the molecule is CC(C)(C)c1ccc(N2B3c4cc5cc(-c6ccccc6)oc5cc4-n4c5cc6oc7ccccc7c6cc5c5ccc(c3c54)-c3cc4c(cc32)C(C)(C)c2cc(C(C)(C)C)ccc2-4)cc1. The zero-order valence-electron chi connectivity index (χ0n) is 38.7. The Labute approximate surface area is 385 Å². The summed E-state index contributed by atoms with van der Waals surface area (Å²) in [6.45, 7) is 18.6. The first kappa shape index (κ1) is 38.1. The van der Waals surface area contributed by atoms with Crippen LogP contribution >= 0.6 is 0 Å². The van der Waals surface area contributed by atoms with E-state index in [0.29, 0.717) is 0 Å². The van der Waals surface area contributed by atoms with E-state index in [4.69, 9.17) is 8.83 Å². The van der Waals surface area contributed by atoms with Crippen LogP contribution < -0.4 is 15.7 Å². The van der Waals surface area contributed by atoms with Gasteiger partial charge in [0.2, 0.25) is 0 Å². The Bertz CT molecular complexity index is 3920. The molecule has 0 unspecified atom stereocenters. The Morgan fingerprint density at radius 1 is 0.500 bits per heavy atom. The summed E-state index contributed by atoms with van der Waals surface area (Å²) in [5.74, 6) is 0.869. The molecule has 5 heteroatoms. The third-order valence-corrected chi connectivity index (χ3v) is 15.5. The summed E-state index contributed by atoms with van der Waals surface area (Å²) in [7, 11) is 0. The van der Waals surface area contributed by atoms with Crippen molar-refractivity contribution in [3.8, 4) is 39.3 Å². The summed E-state index contributed by atoms with van der Waals surface area (Å²) in [4.78, 5) is 2.67. The predicted octanol–water partition coefficient (Wildman–Crippen LogP) is 15.2. The monoisotopic (exact) mass is 852 g/mol.